The molecule has 0 bridgehead atoms. The largest absolute Gasteiger partial charge is 0.135 e. The molecule has 0 aliphatic carbocycles. The summed E-state index contributed by atoms with van der Waals surface area (Å²) in [5, 5.41) is 12.9. The van der Waals surface area contributed by atoms with Gasteiger partial charge in [0.25, 0.3) is 0 Å². The molecule has 0 saturated heterocycles. The molecule has 1 aromatic heterocycles. The molecule has 0 N–H and O–H groups in total. The number of hydrogen-bond donors (Lipinski definition) is 0. The Morgan fingerprint density at radius 3 is 1.57 bits per heavy atom. The van der Waals surface area contributed by atoms with Gasteiger partial charge in [0.15, 0.2) is 0 Å². The third-order valence-electron chi connectivity index (χ3n) is 9.84. The summed E-state index contributed by atoms with van der Waals surface area (Å²) >= 11 is 1.90. The Kier molecular flexibility index (Phi) is 5.85. The van der Waals surface area contributed by atoms with Crippen LogP contribution < -0.4 is 0 Å². The Labute approximate surface area is 276 Å². The molecule has 0 fully saturated rings. The van der Waals surface area contributed by atoms with Crippen molar-refractivity contribution in [3.05, 3.63) is 170 Å². The quantitative estimate of drug-likeness (QED) is 0.138. The summed E-state index contributed by atoms with van der Waals surface area (Å²) in [5.74, 6) is 0. The number of fused-ring (bicyclic) bond motifs is 8. The molecule has 47 heavy (non-hydrogen) atoms. The van der Waals surface area contributed by atoms with E-state index in [0.717, 1.165) is 0 Å². The van der Waals surface area contributed by atoms with E-state index in [0.29, 0.717) is 0 Å². The molecule has 1 heteroatoms. The van der Waals surface area contributed by atoms with Gasteiger partial charge in [0.2, 0.25) is 0 Å². The summed E-state index contributed by atoms with van der Waals surface area (Å²) in [5.41, 5.74) is 7.64. The Morgan fingerprint density at radius 1 is 0.298 bits per heavy atom. The van der Waals surface area contributed by atoms with Crippen LogP contribution in [0.2, 0.25) is 0 Å². The van der Waals surface area contributed by atoms with Crippen molar-refractivity contribution < 1.29 is 0 Å². The Hall–Kier alpha value is -5.76. The van der Waals surface area contributed by atoms with E-state index in [4.69, 9.17) is 0 Å². The van der Waals surface area contributed by atoms with E-state index in [9.17, 15) is 0 Å². The molecule has 218 valence electrons. The number of thiophene rings is 1. The van der Waals surface area contributed by atoms with Crippen molar-refractivity contribution in [2.24, 2.45) is 0 Å². The van der Waals surface area contributed by atoms with Crippen LogP contribution in [0, 0.1) is 0 Å². The molecule has 10 rings (SSSR count). The minimum Gasteiger partial charge on any atom is -0.135 e. The molecule has 0 spiro atoms. The van der Waals surface area contributed by atoms with Crippen molar-refractivity contribution in [2.45, 2.75) is 0 Å². The molecule has 0 nitrogen and oxygen atoms in total. The van der Waals surface area contributed by atoms with Crippen molar-refractivity contribution in [3.8, 4) is 33.4 Å². The maximum atomic E-state index is 2.46. The summed E-state index contributed by atoms with van der Waals surface area (Å²) < 4.78 is 2.68. The predicted octanol–water partition coefficient (Wildman–Crippen LogP) is 13.7. The van der Waals surface area contributed by atoms with Gasteiger partial charge >= 0.3 is 0 Å². The van der Waals surface area contributed by atoms with Crippen molar-refractivity contribution >= 4 is 74.6 Å². The number of hydrogen-bond acceptors (Lipinski definition) is 1. The minimum absolute atomic E-state index is 1.23. The van der Waals surface area contributed by atoms with E-state index in [1.54, 1.807) is 0 Å². The first-order chi connectivity index (χ1) is 23.3. The van der Waals surface area contributed by atoms with Gasteiger partial charge < -0.3 is 0 Å². The third-order valence-corrected chi connectivity index (χ3v) is 11.1. The summed E-state index contributed by atoms with van der Waals surface area (Å²) in [6.07, 6.45) is 0. The average Bonchev–Trinajstić information content (AvgIpc) is 3.53. The lowest BCUT2D eigenvalue weighted by molar-refractivity contribution is 1.63. The van der Waals surface area contributed by atoms with Gasteiger partial charge in [0.05, 0.1) is 0 Å². The van der Waals surface area contributed by atoms with Crippen LogP contribution in [0.5, 0.6) is 0 Å². The third kappa shape index (κ3) is 4.00. The van der Waals surface area contributed by atoms with Gasteiger partial charge in [-0.15, -0.1) is 11.3 Å². The van der Waals surface area contributed by atoms with E-state index < -0.39 is 0 Å². The highest BCUT2D eigenvalue weighted by Crippen LogP contribution is 2.49. The zero-order chi connectivity index (χ0) is 30.9. The molecular weight excluding hydrogens is 585 g/mol. The van der Waals surface area contributed by atoms with Crippen molar-refractivity contribution in [2.75, 3.05) is 0 Å². The monoisotopic (exact) mass is 612 g/mol. The fraction of sp³-hybridized carbons (Fsp3) is 0. The van der Waals surface area contributed by atoms with Crippen molar-refractivity contribution in [1.82, 2.24) is 0 Å². The Balaban J connectivity index is 1.38. The van der Waals surface area contributed by atoms with Gasteiger partial charge in [-0.3, -0.25) is 0 Å². The predicted molar refractivity (Wildman–Crippen MR) is 206 cm³/mol. The van der Waals surface area contributed by atoms with Gasteiger partial charge in [-0.1, -0.05) is 152 Å². The second kappa shape index (κ2) is 10.4. The molecule has 0 radical (unpaired) electrons. The molecule has 0 amide bonds. The van der Waals surface area contributed by atoms with Crippen LogP contribution >= 0.6 is 11.3 Å². The zero-order valence-electron chi connectivity index (χ0n) is 25.6. The van der Waals surface area contributed by atoms with Crippen LogP contribution in [0.4, 0.5) is 0 Å². The van der Waals surface area contributed by atoms with E-state index in [1.807, 2.05) is 11.3 Å². The molecule has 1 heterocycles. The zero-order valence-corrected chi connectivity index (χ0v) is 26.4. The molecule has 10 aromatic rings. The van der Waals surface area contributed by atoms with Crippen LogP contribution in [-0.4, -0.2) is 0 Å². The number of benzene rings is 9. The summed E-state index contributed by atoms with van der Waals surface area (Å²) in [6.45, 7) is 0. The molecule has 0 atom stereocenters. The Morgan fingerprint density at radius 2 is 0.851 bits per heavy atom. The fourth-order valence-electron chi connectivity index (χ4n) is 7.77. The first kappa shape index (κ1) is 26.5. The van der Waals surface area contributed by atoms with Gasteiger partial charge in [0.1, 0.15) is 0 Å². The molecule has 0 aliphatic heterocycles. The average molecular weight is 613 g/mol. The van der Waals surface area contributed by atoms with Crippen LogP contribution in [0.15, 0.2) is 170 Å². The molecule has 0 aliphatic rings. The number of rotatable bonds is 3. The van der Waals surface area contributed by atoms with Crippen LogP contribution in [0.3, 0.4) is 0 Å². The molecular formula is C46H28S. The van der Waals surface area contributed by atoms with E-state index in [2.05, 4.69) is 170 Å². The van der Waals surface area contributed by atoms with Gasteiger partial charge in [0, 0.05) is 25.7 Å². The standard InChI is InChI=1S/C46H28S/c1-2-13-29(14-3-1)40-27-31-26-25-30-15-4-5-16-32(30)41(31)28-42(40)45-36-20-8-6-18-34(36)44(35-19-7-9-21-37(35)45)39-23-12-22-38-33-17-10-11-24-43(33)47-46(38)39/h1-28H. The first-order valence-electron chi connectivity index (χ1n) is 16.2. The summed E-state index contributed by atoms with van der Waals surface area (Å²) in [6, 6.07) is 62.8. The van der Waals surface area contributed by atoms with Crippen LogP contribution in [0.25, 0.3) is 96.6 Å². The second-order valence-electron chi connectivity index (χ2n) is 12.4. The lowest BCUT2D eigenvalue weighted by Gasteiger charge is -2.21. The van der Waals surface area contributed by atoms with Crippen molar-refractivity contribution in [1.29, 1.82) is 0 Å². The van der Waals surface area contributed by atoms with Gasteiger partial charge in [-0.2, -0.15) is 0 Å². The van der Waals surface area contributed by atoms with E-state index in [-0.39, 0.29) is 0 Å². The minimum atomic E-state index is 1.23. The first-order valence-corrected chi connectivity index (χ1v) is 17.0. The highest BCUT2D eigenvalue weighted by atomic mass is 32.1. The molecule has 0 unspecified atom stereocenters. The van der Waals surface area contributed by atoms with Crippen LogP contribution in [0.1, 0.15) is 0 Å². The molecule has 0 saturated carbocycles. The topological polar surface area (TPSA) is 0 Å². The van der Waals surface area contributed by atoms with E-state index >= 15 is 0 Å². The fourth-order valence-corrected chi connectivity index (χ4v) is 8.99. The van der Waals surface area contributed by atoms with Crippen LogP contribution in [-0.2, 0) is 0 Å². The summed E-state index contributed by atoms with van der Waals surface area (Å²) in [4.78, 5) is 0. The molecule has 9 aromatic carbocycles. The van der Waals surface area contributed by atoms with Gasteiger partial charge in [-0.05, 0) is 89.1 Å². The Bertz CT molecular complexity index is 2780. The summed E-state index contributed by atoms with van der Waals surface area (Å²) in [7, 11) is 0. The van der Waals surface area contributed by atoms with Crippen molar-refractivity contribution in [3.63, 3.8) is 0 Å². The highest BCUT2D eigenvalue weighted by Gasteiger charge is 2.21. The highest BCUT2D eigenvalue weighted by molar-refractivity contribution is 7.26. The maximum Gasteiger partial charge on any atom is 0.0434 e. The van der Waals surface area contributed by atoms with Gasteiger partial charge in [-0.25, -0.2) is 0 Å². The second-order valence-corrected chi connectivity index (χ2v) is 13.4. The van der Waals surface area contributed by atoms with E-state index in [1.165, 1.54) is 96.6 Å². The lowest BCUT2D eigenvalue weighted by Crippen LogP contribution is -1.93. The normalized spacial score (nSPS) is 11.8. The maximum absolute atomic E-state index is 2.46. The lowest BCUT2D eigenvalue weighted by atomic mass is 9.82. The SMILES string of the molecule is c1ccc(-c2cc3ccc4ccccc4c3cc2-c2c3ccccc3c(-c3cccc4c3sc3ccccc34)c3ccccc23)cc1. The smallest absolute Gasteiger partial charge is 0.0434 e.